The predicted octanol–water partition coefficient (Wildman–Crippen LogP) is 1.69. The lowest BCUT2D eigenvalue weighted by Crippen LogP contribution is -2.52. The first-order valence-electron chi connectivity index (χ1n) is 6.97. The van der Waals surface area contributed by atoms with Crippen molar-refractivity contribution in [2.45, 2.75) is 50.1 Å². The van der Waals surface area contributed by atoms with Crippen LogP contribution in [0.15, 0.2) is 29.2 Å². The molecule has 0 aromatic heterocycles. The van der Waals surface area contributed by atoms with Crippen molar-refractivity contribution in [1.29, 1.82) is 0 Å². The summed E-state index contributed by atoms with van der Waals surface area (Å²) in [4.78, 5) is 23.1. The third-order valence-corrected chi connectivity index (χ3v) is 5.80. The van der Waals surface area contributed by atoms with Crippen LogP contribution in [0.25, 0.3) is 0 Å². The Morgan fingerprint density at radius 3 is 2.38 bits per heavy atom. The Balaban J connectivity index is 2.46. The van der Waals surface area contributed by atoms with Crippen LogP contribution in [-0.4, -0.2) is 36.9 Å². The van der Waals surface area contributed by atoms with Crippen molar-refractivity contribution in [3.8, 4) is 0 Å². The van der Waals surface area contributed by atoms with Crippen LogP contribution >= 0.6 is 0 Å². The molecule has 2 rings (SSSR count). The maximum Gasteiger partial charge on any atom is 0.243 e. The molecule has 1 aromatic rings. The third-order valence-electron chi connectivity index (χ3n) is 3.81. The molecule has 1 aromatic carbocycles. The van der Waals surface area contributed by atoms with E-state index in [4.69, 9.17) is 0 Å². The zero-order valence-electron chi connectivity index (χ0n) is 12.2. The largest absolute Gasteiger partial charge is 0.302 e. The number of Topliss-reactive ketones (excluding diaryl/α,β-unsaturated/α-hetero) is 1. The van der Waals surface area contributed by atoms with Crippen LogP contribution in [0.2, 0.25) is 0 Å². The summed E-state index contributed by atoms with van der Waals surface area (Å²) in [6.07, 6.45) is 1.20. The molecule has 1 aliphatic rings. The number of piperidine rings is 1. The third kappa shape index (κ3) is 3.06. The fourth-order valence-corrected chi connectivity index (χ4v) is 4.49. The lowest BCUT2D eigenvalue weighted by atomic mass is 9.96. The SMILES string of the molecule is CCC1CC(=O)CC(C=O)N1S(=O)(=O)c1ccc(C)cc1. The highest BCUT2D eigenvalue weighted by Crippen LogP contribution is 2.29. The minimum absolute atomic E-state index is 0.0366. The van der Waals surface area contributed by atoms with Crippen molar-refractivity contribution in [1.82, 2.24) is 4.31 Å². The highest BCUT2D eigenvalue weighted by atomic mass is 32.2. The van der Waals surface area contributed by atoms with E-state index in [2.05, 4.69) is 0 Å². The number of ketones is 1. The van der Waals surface area contributed by atoms with Gasteiger partial charge in [-0.3, -0.25) is 4.79 Å². The van der Waals surface area contributed by atoms with Gasteiger partial charge in [-0.1, -0.05) is 24.6 Å². The molecule has 114 valence electrons. The Labute approximate surface area is 125 Å². The summed E-state index contributed by atoms with van der Waals surface area (Å²) in [5.74, 6) is -0.0608. The highest BCUT2D eigenvalue weighted by Gasteiger charge is 2.41. The summed E-state index contributed by atoms with van der Waals surface area (Å²) in [7, 11) is -3.77. The van der Waals surface area contributed by atoms with E-state index in [1.807, 2.05) is 13.8 Å². The van der Waals surface area contributed by atoms with E-state index in [1.54, 1.807) is 12.1 Å². The van der Waals surface area contributed by atoms with Gasteiger partial charge in [0.1, 0.15) is 12.1 Å². The Hall–Kier alpha value is -1.53. The number of rotatable bonds is 4. The second-order valence-electron chi connectivity index (χ2n) is 5.36. The fraction of sp³-hybridized carbons (Fsp3) is 0.467. The summed E-state index contributed by atoms with van der Waals surface area (Å²) in [6.45, 7) is 3.70. The van der Waals surface area contributed by atoms with Crippen LogP contribution < -0.4 is 0 Å². The number of sulfonamides is 1. The highest BCUT2D eigenvalue weighted by molar-refractivity contribution is 7.89. The molecule has 2 atom stereocenters. The fourth-order valence-electron chi connectivity index (χ4n) is 2.67. The molecule has 2 unspecified atom stereocenters. The van der Waals surface area contributed by atoms with Gasteiger partial charge >= 0.3 is 0 Å². The van der Waals surface area contributed by atoms with Crippen LogP contribution in [0.5, 0.6) is 0 Å². The first-order valence-corrected chi connectivity index (χ1v) is 8.41. The number of carbonyl (C=O) groups is 2. The quantitative estimate of drug-likeness (QED) is 0.794. The van der Waals surface area contributed by atoms with Crippen LogP contribution in [-0.2, 0) is 19.6 Å². The van der Waals surface area contributed by atoms with Crippen molar-refractivity contribution < 1.29 is 18.0 Å². The van der Waals surface area contributed by atoms with Crippen molar-refractivity contribution in [3.63, 3.8) is 0 Å². The van der Waals surface area contributed by atoms with E-state index in [0.29, 0.717) is 12.7 Å². The number of aldehydes is 1. The summed E-state index contributed by atoms with van der Waals surface area (Å²) in [6, 6.07) is 5.17. The Morgan fingerprint density at radius 1 is 1.24 bits per heavy atom. The zero-order chi connectivity index (χ0) is 15.6. The molecule has 21 heavy (non-hydrogen) atoms. The van der Waals surface area contributed by atoms with Crippen LogP contribution in [0.1, 0.15) is 31.7 Å². The minimum Gasteiger partial charge on any atom is -0.302 e. The average molecular weight is 309 g/mol. The summed E-state index contributed by atoms with van der Waals surface area (Å²) >= 11 is 0. The van der Waals surface area contributed by atoms with Gasteiger partial charge in [0.05, 0.1) is 10.9 Å². The van der Waals surface area contributed by atoms with Gasteiger partial charge < -0.3 is 4.79 Å². The number of carbonyl (C=O) groups excluding carboxylic acids is 2. The minimum atomic E-state index is -3.77. The smallest absolute Gasteiger partial charge is 0.243 e. The van der Waals surface area contributed by atoms with Crippen LogP contribution in [0.3, 0.4) is 0 Å². The summed E-state index contributed by atoms with van der Waals surface area (Å²) in [5, 5.41) is 0. The molecular weight excluding hydrogens is 290 g/mol. The Morgan fingerprint density at radius 2 is 1.86 bits per heavy atom. The lowest BCUT2D eigenvalue weighted by molar-refractivity contribution is -0.127. The summed E-state index contributed by atoms with van der Waals surface area (Å²) in [5.41, 5.74) is 0.960. The van der Waals surface area contributed by atoms with Gasteiger partial charge in [0.15, 0.2) is 0 Å². The van der Waals surface area contributed by atoms with Crippen molar-refractivity contribution >= 4 is 22.1 Å². The van der Waals surface area contributed by atoms with Gasteiger partial charge in [0, 0.05) is 18.9 Å². The molecule has 0 aliphatic carbocycles. The number of hydrogen-bond donors (Lipinski definition) is 0. The molecule has 6 heteroatoms. The molecule has 1 saturated heterocycles. The van der Waals surface area contributed by atoms with Crippen molar-refractivity contribution in [3.05, 3.63) is 29.8 Å². The predicted molar refractivity (Wildman–Crippen MR) is 78.4 cm³/mol. The van der Waals surface area contributed by atoms with Gasteiger partial charge in [0.25, 0.3) is 0 Å². The molecule has 0 amide bonds. The average Bonchev–Trinajstić information content (AvgIpc) is 2.46. The first kappa shape index (κ1) is 15.9. The van der Waals surface area contributed by atoms with Crippen molar-refractivity contribution in [2.24, 2.45) is 0 Å². The second-order valence-corrected chi connectivity index (χ2v) is 7.20. The van der Waals surface area contributed by atoms with Gasteiger partial charge in [-0.05, 0) is 25.5 Å². The number of benzene rings is 1. The van der Waals surface area contributed by atoms with Gasteiger partial charge in [-0.15, -0.1) is 0 Å². The normalized spacial score (nSPS) is 24.0. The molecule has 1 fully saturated rings. The topological polar surface area (TPSA) is 71.5 Å². The molecule has 5 nitrogen and oxygen atoms in total. The van der Waals surface area contributed by atoms with Gasteiger partial charge in [-0.25, -0.2) is 8.42 Å². The second kappa shape index (κ2) is 6.07. The molecule has 0 saturated carbocycles. The first-order chi connectivity index (χ1) is 9.90. The van der Waals surface area contributed by atoms with E-state index in [1.165, 1.54) is 16.4 Å². The lowest BCUT2D eigenvalue weighted by Gasteiger charge is -2.37. The van der Waals surface area contributed by atoms with Gasteiger partial charge in [0.2, 0.25) is 10.0 Å². The van der Waals surface area contributed by atoms with Crippen LogP contribution in [0.4, 0.5) is 0 Å². The Bertz CT molecular complexity index is 636. The van der Waals surface area contributed by atoms with E-state index < -0.39 is 22.1 Å². The monoisotopic (exact) mass is 309 g/mol. The van der Waals surface area contributed by atoms with E-state index in [0.717, 1.165) is 5.56 Å². The van der Waals surface area contributed by atoms with Crippen molar-refractivity contribution in [2.75, 3.05) is 0 Å². The Kier molecular flexibility index (Phi) is 4.58. The molecular formula is C15H19NO4S. The maximum atomic E-state index is 12.8. The molecule has 0 bridgehead atoms. The number of aryl methyl sites for hydroxylation is 1. The summed E-state index contributed by atoms with van der Waals surface area (Å²) < 4.78 is 26.8. The molecule has 0 N–H and O–H groups in total. The van der Waals surface area contributed by atoms with Crippen LogP contribution in [0, 0.1) is 6.92 Å². The standard InChI is InChI=1S/C15H19NO4S/c1-3-12-8-14(18)9-13(10-17)16(12)21(19,20)15-6-4-11(2)5-7-15/h4-7,10,12-13H,3,8-9H2,1-2H3. The molecule has 1 aliphatic heterocycles. The zero-order valence-corrected chi connectivity index (χ0v) is 13.0. The number of nitrogens with zero attached hydrogens (tertiary/aromatic N) is 1. The maximum absolute atomic E-state index is 12.8. The molecule has 0 spiro atoms. The molecule has 0 radical (unpaired) electrons. The number of hydrogen-bond acceptors (Lipinski definition) is 4. The van der Waals surface area contributed by atoms with E-state index in [-0.39, 0.29) is 23.5 Å². The van der Waals surface area contributed by atoms with E-state index >= 15 is 0 Å². The van der Waals surface area contributed by atoms with E-state index in [9.17, 15) is 18.0 Å². The van der Waals surface area contributed by atoms with Gasteiger partial charge in [-0.2, -0.15) is 4.31 Å². The molecule has 1 heterocycles.